The fourth-order valence-corrected chi connectivity index (χ4v) is 12.7. The first-order valence-electron chi connectivity index (χ1n) is 21.9. The zero-order valence-electron chi connectivity index (χ0n) is 35.8. The Morgan fingerprint density at radius 3 is 1.43 bits per heavy atom. The third-order valence-corrected chi connectivity index (χ3v) is 16.4. The van der Waals surface area contributed by atoms with Gasteiger partial charge >= 0.3 is 0 Å². The number of carbonyl (C=O) groups excluding carboxylic acids is 4. The third kappa shape index (κ3) is 9.85. The number of hydrogen-bond donors (Lipinski definition) is 2. The lowest BCUT2D eigenvalue weighted by molar-refractivity contribution is -0.126. The Morgan fingerprint density at radius 1 is 0.607 bits per heavy atom. The molecule has 0 radical (unpaired) electrons. The van der Waals surface area contributed by atoms with Crippen molar-refractivity contribution in [1.29, 1.82) is 0 Å². The molecule has 7 nitrogen and oxygen atoms in total. The van der Waals surface area contributed by atoms with Crippen molar-refractivity contribution in [2.24, 2.45) is 34.0 Å². The zero-order valence-corrected chi connectivity index (χ0v) is 40.5. The predicted molar refractivity (Wildman–Crippen MR) is 253 cm³/mol. The van der Waals surface area contributed by atoms with Crippen molar-refractivity contribution in [3.05, 3.63) is 101 Å². The molecule has 2 N–H and O–H groups in total. The maximum atomic E-state index is 12.9. The quantitative estimate of drug-likeness (QED) is 0.267. The van der Waals surface area contributed by atoms with Gasteiger partial charge in [0.15, 0.2) is 17.3 Å². The molecule has 0 heterocycles. The van der Waals surface area contributed by atoms with Crippen molar-refractivity contribution in [2.75, 3.05) is 14.2 Å². The standard InChI is InChI=1S/C17H21BrO2.C16H19BrO2.C16H17BrO2.CH4O.CH4/c1-3-11-9-17(7-6-15(11)20-2)10-12-4-5-13(18)8-14(12)16(17)19;2*1-2-10-8-16(6-5-14(10)18)9-11-3-4-12(17)7-13(11)15(16)19;1-2;/h4-5,8,11,15H,3,6-7,9-10H2,1-2H3;3-4,7,10,14,18H,2,5-6,8-9H2,1H3;3-4,7,10H,2,5-6,8-9H2,1H3;2H,1H3;1H4/t11-,15-,17?;10-,14-,16?;10-,16?;;/m000../s1. The van der Waals surface area contributed by atoms with Gasteiger partial charge in [-0.2, -0.15) is 0 Å². The molecule has 0 amide bonds. The molecular weight excluding hydrogens is 964 g/mol. The van der Waals surface area contributed by atoms with Gasteiger partial charge in [0.1, 0.15) is 5.78 Å². The second-order valence-corrected chi connectivity index (χ2v) is 20.9. The highest BCUT2D eigenvalue weighted by Gasteiger charge is 2.52. The van der Waals surface area contributed by atoms with E-state index < -0.39 is 0 Å². The van der Waals surface area contributed by atoms with Crippen LogP contribution in [0.15, 0.2) is 68.0 Å². The fraction of sp³-hybridized carbons (Fsp3) is 0.569. The van der Waals surface area contributed by atoms with Crippen LogP contribution in [0.3, 0.4) is 0 Å². The minimum Gasteiger partial charge on any atom is -0.400 e. The highest BCUT2D eigenvalue weighted by atomic mass is 79.9. The van der Waals surface area contributed by atoms with Crippen molar-refractivity contribution in [3.63, 3.8) is 0 Å². The van der Waals surface area contributed by atoms with Gasteiger partial charge < -0.3 is 14.9 Å². The van der Waals surface area contributed by atoms with Gasteiger partial charge in [-0.1, -0.05) is 107 Å². The van der Waals surface area contributed by atoms with Crippen LogP contribution in [0.5, 0.6) is 0 Å². The maximum absolute atomic E-state index is 12.9. The molecular formula is C51H65Br3O7. The van der Waals surface area contributed by atoms with Gasteiger partial charge in [0.25, 0.3) is 0 Å². The Labute approximate surface area is 389 Å². The molecule has 3 aromatic carbocycles. The minimum atomic E-state index is -0.294. The Morgan fingerprint density at radius 2 is 1.02 bits per heavy atom. The molecule has 3 fully saturated rings. The summed E-state index contributed by atoms with van der Waals surface area (Å²) in [5, 5.41) is 17.0. The number of rotatable bonds is 4. The molecule has 6 aliphatic rings. The molecule has 0 saturated heterocycles. The molecule has 332 valence electrons. The molecule has 3 aromatic rings. The highest BCUT2D eigenvalue weighted by Crippen LogP contribution is 2.52. The van der Waals surface area contributed by atoms with Crippen molar-refractivity contribution < 1.29 is 34.1 Å². The molecule has 0 aromatic heterocycles. The van der Waals surface area contributed by atoms with Gasteiger partial charge in [-0.05, 0) is 142 Å². The molecule has 8 atom stereocenters. The maximum Gasteiger partial charge on any atom is 0.169 e. The average molecular weight is 1030 g/mol. The van der Waals surface area contributed by atoms with E-state index >= 15 is 0 Å². The second-order valence-electron chi connectivity index (χ2n) is 18.2. The molecule has 9 rings (SSSR count). The minimum absolute atomic E-state index is 0. The largest absolute Gasteiger partial charge is 0.400 e. The number of Topliss-reactive ketones (excluding diaryl/α,β-unsaturated/α-hetero) is 4. The van der Waals surface area contributed by atoms with E-state index in [1.165, 1.54) is 11.1 Å². The van der Waals surface area contributed by atoms with Gasteiger partial charge in [-0.25, -0.2) is 0 Å². The lowest BCUT2D eigenvalue weighted by Crippen LogP contribution is -2.41. The number of halogens is 3. The predicted octanol–water partition coefficient (Wildman–Crippen LogP) is 12.3. The normalized spacial score (nSPS) is 30.6. The molecule has 0 bridgehead atoms. The number of ketones is 4. The lowest BCUT2D eigenvalue weighted by Gasteiger charge is -2.40. The van der Waals surface area contributed by atoms with Crippen molar-refractivity contribution in [2.45, 2.75) is 137 Å². The van der Waals surface area contributed by atoms with Crippen LogP contribution >= 0.6 is 47.8 Å². The van der Waals surface area contributed by atoms with Crippen LogP contribution in [0.1, 0.15) is 153 Å². The summed E-state index contributed by atoms with van der Waals surface area (Å²) in [6.07, 6.45) is 13.0. The number of aliphatic hydroxyl groups excluding tert-OH is 2. The summed E-state index contributed by atoms with van der Waals surface area (Å²) in [6.45, 7) is 6.36. The van der Waals surface area contributed by atoms with Gasteiger partial charge in [-0.15, -0.1) is 0 Å². The van der Waals surface area contributed by atoms with E-state index in [0.29, 0.717) is 35.8 Å². The van der Waals surface area contributed by atoms with E-state index in [0.717, 1.165) is 133 Å². The summed E-state index contributed by atoms with van der Waals surface area (Å²) in [7, 11) is 2.80. The van der Waals surface area contributed by atoms with Gasteiger partial charge in [0.2, 0.25) is 0 Å². The Bertz CT molecular complexity index is 2100. The van der Waals surface area contributed by atoms with Crippen LogP contribution in [-0.2, 0) is 28.8 Å². The Hall–Kier alpha value is -2.34. The van der Waals surface area contributed by atoms with Crippen LogP contribution in [0.4, 0.5) is 0 Å². The first kappa shape index (κ1) is 49.7. The highest BCUT2D eigenvalue weighted by molar-refractivity contribution is 9.11. The van der Waals surface area contributed by atoms with Crippen molar-refractivity contribution >= 4 is 70.9 Å². The SMILES string of the molecule is C.CC[C@H]1CC2(CCC1=O)Cc1ccc(Br)cc1C2=O.CC[C@H]1CC2(CC[C@@H]1O)Cc1ccc(Br)cc1C2=O.CC[C@H]1CC2(CC[C@@H]1OC)Cc1ccc(Br)cc1C2=O.CO. The number of carbonyl (C=O) groups is 4. The van der Waals surface area contributed by atoms with Gasteiger partial charge in [0.05, 0.1) is 12.2 Å². The van der Waals surface area contributed by atoms with E-state index in [4.69, 9.17) is 9.84 Å². The number of hydrogen-bond acceptors (Lipinski definition) is 7. The van der Waals surface area contributed by atoms with E-state index in [2.05, 4.69) is 73.8 Å². The number of fused-ring (bicyclic) bond motifs is 3. The molecule has 6 aliphatic carbocycles. The van der Waals surface area contributed by atoms with E-state index in [9.17, 15) is 24.3 Å². The van der Waals surface area contributed by atoms with Gasteiger partial charge in [-0.3, -0.25) is 19.2 Å². The molecule has 10 heteroatoms. The first-order chi connectivity index (χ1) is 28.7. The number of aliphatic hydroxyl groups is 2. The van der Waals surface area contributed by atoms with Crippen LogP contribution in [-0.4, -0.2) is 59.8 Å². The van der Waals surface area contributed by atoms with Crippen molar-refractivity contribution in [1.82, 2.24) is 0 Å². The summed E-state index contributed by atoms with van der Waals surface area (Å²) >= 11 is 10.4. The first-order valence-corrected chi connectivity index (χ1v) is 24.3. The Kier molecular flexibility index (Phi) is 16.8. The molecule has 3 saturated carbocycles. The summed E-state index contributed by atoms with van der Waals surface area (Å²) in [4.78, 5) is 50.4. The average Bonchev–Trinajstić information content (AvgIpc) is 3.79. The van der Waals surface area contributed by atoms with Gasteiger partial charge in [0, 0.05) is 72.9 Å². The van der Waals surface area contributed by atoms with E-state index in [1.54, 1.807) is 7.11 Å². The lowest BCUT2D eigenvalue weighted by atomic mass is 9.65. The second kappa shape index (κ2) is 20.7. The smallest absolute Gasteiger partial charge is 0.169 e. The zero-order chi connectivity index (χ0) is 43.6. The van der Waals surface area contributed by atoms with Crippen LogP contribution in [0.25, 0.3) is 0 Å². The molecule has 0 aliphatic heterocycles. The molecule has 3 spiro atoms. The topological polar surface area (TPSA) is 118 Å². The molecule has 61 heavy (non-hydrogen) atoms. The van der Waals surface area contributed by atoms with E-state index in [1.807, 2.05) is 49.4 Å². The van der Waals surface area contributed by atoms with Crippen LogP contribution in [0.2, 0.25) is 0 Å². The van der Waals surface area contributed by atoms with Crippen molar-refractivity contribution in [3.8, 4) is 0 Å². The number of methoxy groups -OCH3 is 1. The van der Waals surface area contributed by atoms with Crippen LogP contribution in [0, 0.1) is 34.0 Å². The van der Waals surface area contributed by atoms with Crippen LogP contribution < -0.4 is 0 Å². The summed E-state index contributed by atoms with van der Waals surface area (Å²) in [5.41, 5.74) is 5.56. The number of benzene rings is 3. The summed E-state index contributed by atoms with van der Waals surface area (Å²) < 4.78 is 8.54. The summed E-state index contributed by atoms with van der Waals surface area (Å²) in [6, 6.07) is 18.2. The Balaban J connectivity index is 0.000000168. The monoisotopic (exact) mass is 1030 g/mol. The summed E-state index contributed by atoms with van der Waals surface area (Å²) in [5.74, 6) is 2.13. The fourth-order valence-electron chi connectivity index (χ4n) is 11.6. The molecule has 3 unspecified atom stereocenters. The number of ether oxygens (including phenoxy) is 1. The van der Waals surface area contributed by atoms with E-state index in [-0.39, 0.29) is 47.4 Å². The third-order valence-electron chi connectivity index (χ3n) is 15.0.